The van der Waals surface area contributed by atoms with Crippen LogP contribution in [0.2, 0.25) is 0 Å². The number of nitrogens with zero attached hydrogens (tertiary/aromatic N) is 2. The van der Waals surface area contributed by atoms with E-state index in [4.69, 9.17) is 0 Å². The van der Waals surface area contributed by atoms with Gasteiger partial charge in [-0.2, -0.15) is 0 Å². The molecular weight excluding hydrogens is 290 g/mol. The number of aromatic nitrogens is 2. The summed E-state index contributed by atoms with van der Waals surface area (Å²) in [6.07, 6.45) is 5.28. The van der Waals surface area contributed by atoms with Crippen LogP contribution in [0.4, 0.5) is 5.82 Å². The highest BCUT2D eigenvalue weighted by molar-refractivity contribution is 9.10. The summed E-state index contributed by atoms with van der Waals surface area (Å²) in [6, 6.07) is 2.53. The molecule has 1 saturated carbocycles. The number of nitrogens with one attached hydrogen (secondary N) is 1. The van der Waals surface area contributed by atoms with E-state index in [9.17, 15) is 0 Å². The van der Waals surface area contributed by atoms with Gasteiger partial charge < -0.3 is 5.32 Å². The summed E-state index contributed by atoms with van der Waals surface area (Å²) in [7, 11) is 0. The molecule has 0 radical (unpaired) electrons. The molecule has 2 unspecified atom stereocenters. The number of hydrogen-bond donors (Lipinski definition) is 1. The molecule has 0 spiro atoms. The Morgan fingerprint density at radius 2 is 2.00 bits per heavy atom. The van der Waals surface area contributed by atoms with E-state index in [1.54, 1.807) is 0 Å². The highest BCUT2D eigenvalue weighted by Gasteiger charge is 2.27. The predicted molar refractivity (Wildman–Crippen MR) is 78.7 cm³/mol. The van der Waals surface area contributed by atoms with Crippen molar-refractivity contribution in [2.45, 2.75) is 52.5 Å². The van der Waals surface area contributed by atoms with Gasteiger partial charge in [-0.25, -0.2) is 9.97 Å². The Bertz CT molecular complexity index is 386. The van der Waals surface area contributed by atoms with Gasteiger partial charge in [0.2, 0.25) is 0 Å². The molecule has 2 rings (SSSR count). The van der Waals surface area contributed by atoms with E-state index in [1.807, 2.05) is 13.0 Å². The molecular formula is C14H22BrN3. The fourth-order valence-electron chi connectivity index (χ4n) is 2.93. The second kappa shape index (κ2) is 6.00. The summed E-state index contributed by atoms with van der Waals surface area (Å²) in [6.45, 7) is 6.58. The van der Waals surface area contributed by atoms with Gasteiger partial charge in [0.05, 0.1) is 0 Å². The van der Waals surface area contributed by atoms with Crippen molar-refractivity contribution in [3.8, 4) is 0 Å². The van der Waals surface area contributed by atoms with E-state index in [0.29, 0.717) is 6.04 Å². The van der Waals surface area contributed by atoms with Crippen LogP contribution in [-0.2, 0) is 0 Å². The lowest BCUT2D eigenvalue weighted by molar-refractivity contribution is 0.253. The standard InChI is InChI=1S/C14H22BrN3/c1-9(2)11-6-4-5-7-12(11)18-14-8-13(15)16-10(3)17-14/h8-9,11-12H,4-7H2,1-3H3,(H,16,17,18). The minimum atomic E-state index is 0.556. The van der Waals surface area contributed by atoms with Crippen LogP contribution in [0, 0.1) is 18.8 Å². The summed E-state index contributed by atoms with van der Waals surface area (Å²) < 4.78 is 0.856. The van der Waals surface area contributed by atoms with Crippen LogP contribution in [0.5, 0.6) is 0 Å². The van der Waals surface area contributed by atoms with Crippen molar-refractivity contribution >= 4 is 21.7 Å². The van der Waals surface area contributed by atoms with Gasteiger partial charge in [0.1, 0.15) is 16.2 Å². The number of anilines is 1. The van der Waals surface area contributed by atoms with Crippen LogP contribution in [-0.4, -0.2) is 16.0 Å². The van der Waals surface area contributed by atoms with Crippen molar-refractivity contribution in [2.75, 3.05) is 5.32 Å². The Hall–Kier alpha value is -0.640. The topological polar surface area (TPSA) is 37.8 Å². The van der Waals surface area contributed by atoms with Crippen molar-refractivity contribution < 1.29 is 0 Å². The molecule has 1 aliphatic carbocycles. The fraction of sp³-hybridized carbons (Fsp3) is 0.714. The predicted octanol–water partition coefficient (Wildman–Crippen LogP) is 4.17. The third-order valence-electron chi connectivity index (χ3n) is 3.82. The van der Waals surface area contributed by atoms with Gasteiger partial charge in [-0.3, -0.25) is 0 Å². The molecule has 0 aliphatic heterocycles. The summed E-state index contributed by atoms with van der Waals surface area (Å²) in [5, 5.41) is 3.61. The second-order valence-electron chi connectivity index (χ2n) is 5.57. The quantitative estimate of drug-likeness (QED) is 0.851. The van der Waals surface area contributed by atoms with E-state index in [2.05, 4.69) is 45.1 Å². The lowest BCUT2D eigenvalue weighted by atomic mass is 9.78. The zero-order valence-corrected chi connectivity index (χ0v) is 13.0. The van der Waals surface area contributed by atoms with Crippen molar-refractivity contribution in [3.63, 3.8) is 0 Å². The Morgan fingerprint density at radius 3 is 2.67 bits per heavy atom. The second-order valence-corrected chi connectivity index (χ2v) is 6.38. The fourth-order valence-corrected chi connectivity index (χ4v) is 3.41. The Kier molecular flexibility index (Phi) is 4.60. The maximum atomic E-state index is 4.47. The van der Waals surface area contributed by atoms with Gasteiger partial charge in [0.15, 0.2) is 0 Å². The maximum Gasteiger partial charge on any atom is 0.131 e. The van der Waals surface area contributed by atoms with Crippen LogP contribution >= 0.6 is 15.9 Å². The third kappa shape index (κ3) is 3.44. The highest BCUT2D eigenvalue weighted by atomic mass is 79.9. The summed E-state index contributed by atoms with van der Waals surface area (Å²) in [5.74, 6) is 3.25. The SMILES string of the molecule is Cc1nc(Br)cc(NC2CCCCC2C(C)C)n1. The van der Waals surface area contributed by atoms with Gasteiger partial charge in [-0.15, -0.1) is 0 Å². The van der Waals surface area contributed by atoms with E-state index in [-0.39, 0.29) is 0 Å². The maximum absolute atomic E-state index is 4.47. The van der Waals surface area contributed by atoms with Gasteiger partial charge >= 0.3 is 0 Å². The van der Waals surface area contributed by atoms with Crippen LogP contribution in [0.15, 0.2) is 10.7 Å². The van der Waals surface area contributed by atoms with Crippen LogP contribution in [0.25, 0.3) is 0 Å². The zero-order chi connectivity index (χ0) is 13.1. The first-order valence-electron chi connectivity index (χ1n) is 6.84. The molecule has 1 heterocycles. The molecule has 4 heteroatoms. The van der Waals surface area contributed by atoms with E-state index < -0.39 is 0 Å². The molecule has 1 fully saturated rings. The lowest BCUT2D eigenvalue weighted by Gasteiger charge is -2.35. The Labute approximate surface area is 118 Å². The van der Waals surface area contributed by atoms with Gasteiger partial charge in [-0.05, 0) is 47.5 Å². The first kappa shape index (κ1) is 13.8. The average molecular weight is 312 g/mol. The lowest BCUT2D eigenvalue weighted by Crippen LogP contribution is -2.35. The Morgan fingerprint density at radius 1 is 1.28 bits per heavy atom. The number of rotatable bonds is 3. The number of aryl methyl sites for hydroxylation is 1. The van der Waals surface area contributed by atoms with Crippen molar-refractivity contribution in [2.24, 2.45) is 11.8 Å². The molecule has 1 aromatic heterocycles. The normalized spacial score (nSPS) is 24.3. The molecule has 0 bridgehead atoms. The van der Waals surface area contributed by atoms with Gasteiger partial charge in [0.25, 0.3) is 0 Å². The molecule has 1 aliphatic rings. The van der Waals surface area contributed by atoms with Crippen molar-refractivity contribution in [1.82, 2.24) is 9.97 Å². The molecule has 100 valence electrons. The van der Waals surface area contributed by atoms with E-state index >= 15 is 0 Å². The van der Waals surface area contributed by atoms with Gasteiger partial charge in [-0.1, -0.05) is 26.7 Å². The molecule has 1 aromatic rings. The molecule has 1 N–H and O–H groups in total. The summed E-state index contributed by atoms with van der Waals surface area (Å²) in [4.78, 5) is 8.72. The molecule has 0 amide bonds. The molecule has 0 aromatic carbocycles. The zero-order valence-electron chi connectivity index (χ0n) is 11.4. The Balaban J connectivity index is 2.10. The molecule has 18 heavy (non-hydrogen) atoms. The van der Waals surface area contributed by atoms with Gasteiger partial charge in [0, 0.05) is 12.1 Å². The summed E-state index contributed by atoms with van der Waals surface area (Å²) in [5.41, 5.74) is 0. The smallest absolute Gasteiger partial charge is 0.131 e. The monoisotopic (exact) mass is 311 g/mol. The minimum Gasteiger partial charge on any atom is -0.367 e. The van der Waals surface area contributed by atoms with E-state index in [1.165, 1.54) is 25.7 Å². The third-order valence-corrected chi connectivity index (χ3v) is 4.22. The molecule has 0 saturated heterocycles. The first-order valence-corrected chi connectivity index (χ1v) is 7.63. The number of hydrogen-bond acceptors (Lipinski definition) is 3. The van der Waals surface area contributed by atoms with Crippen molar-refractivity contribution in [3.05, 3.63) is 16.5 Å². The van der Waals surface area contributed by atoms with E-state index in [0.717, 1.165) is 28.1 Å². The largest absolute Gasteiger partial charge is 0.367 e. The highest BCUT2D eigenvalue weighted by Crippen LogP contribution is 2.32. The van der Waals surface area contributed by atoms with Crippen LogP contribution < -0.4 is 5.32 Å². The molecule has 3 nitrogen and oxygen atoms in total. The number of halogens is 1. The molecule has 2 atom stereocenters. The average Bonchev–Trinajstić information content (AvgIpc) is 2.27. The van der Waals surface area contributed by atoms with Crippen molar-refractivity contribution in [1.29, 1.82) is 0 Å². The van der Waals surface area contributed by atoms with Crippen LogP contribution in [0.1, 0.15) is 45.4 Å². The summed E-state index contributed by atoms with van der Waals surface area (Å²) >= 11 is 3.43. The first-order chi connectivity index (χ1) is 8.56. The minimum absolute atomic E-state index is 0.556. The van der Waals surface area contributed by atoms with Crippen LogP contribution in [0.3, 0.4) is 0 Å².